The van der Waals surface area contributed by atoms with Crippen molar-refractivity contribution in [1.29, 1.82) is 0 Å². The summed E-state index contributed by atoms with van der Waals surface area (Å²) in [7, 11) is 0. The maximum atomic E-state index is 12.8. The number of imide groups is 1. The summed E-state index contributed by atoms with van der Waals surface area (Å²) >= 11 is 6.17. The van der Waals surface area contributed by atoms with Crippen LogP contribution in [0.5, 0.6) is 5.75 Å². The molecule has 0 saturated carbocycles. The summed E-state index contributed by atoms with van der Waals surface area (Å²) in [5, 5.41) is 2.90. The molecule has 1 aliphatic heterocycles. The van der Waals surface area contributed by atoms with Crippen LogP contribution in [0, 0.1) is 13.8 Å². The van der Waals surface area contributed by atoms with E-state index in [0.717, 1.165) is 21.7 Å². The summed E-state index contributed by atoms with van der Waals surface area (Å²) < 4.78 is 5.39. The average Bonchev–Trinajstić information content (AvgIpc) is 2.83. The number of nitrogens with zero attached hydrogens (tertiary/aromatic N) is 1. The SMILES string of the molecule is CCOc1ccc(N2C(=O)C(Cl)=C(Nc3cc(C)ccc3C)C2=O)cc1. The van der Waals surface area contributed by atoms with E-state index in [2.05, 4.69) is 5.32 Å². The van der Waals surface area contributed by atoms with Crippen molar-refractivity contribution in [1.82, 2.24) is 0 Å². The molecule has 0 unspecified atom stereocenters. The molecule has 1 aliphatic rings. The van der Waals surface area contributed by atoms with Crippen LogP contribution in [0.25, 0.3) is 0 Å². The number of benzene rings is 2. The van der Waals surface area contributed by atoms with Crippen molar-refractivity contribution in [3.05, 3.63) is 64.3 Å². The molecule has 0 bridgehead atoms. The molecule has 1 N–H and O–H groups in total. The number of hydrogen-bond donors (Lipinski definition) is 1. The number of amides is 2. The van der Waals surface area contributed by atoms with Crippen LogP contribution in [0.1, 0.15) is 18.1 Å². The number of carbonyl (C=O) groups excluding carboxylic acids is 2. The van der Waals surface area contributed by atoms with Crippen LogP contribution in [0.2, 0.25) is 0 Å². The summed E-state index contributed by atoms with van der Waals surface area (Å²) in [5.74, 6) is -0.359. The summed E-state index contributed by atoms with van der Waals surface area (Å²) in [4.78, 5) is 26.4. The normalized spacial score (nSPS) is 14.2. The fourth-order valence-electron chi connectivity index (χ4n) is 2.71. The van der Waals surface area contributed by atoms with E-state index < -0.39 is 11.8 Å². The summed E-state index contributed by atoms with van der Waals surface area (Å²) in [5.41, 5.74) is 3.26. The molecule has 2 amide bonds. The van der Waals surface area contributed by atoms with Crippen LogP contribution < -0.4 is 15.0 Å². The van der Waals surface area contributed by atoms with E-state index in [1.165, 1.54) is 0 Å². The van der Waals surface area contributed by atoms with Crippen molar-refractivity contribution < 1.29 is 14.3 Å². The summed E-state index contributed by atoms with van der Waals surface area (Å²) in [6.45, 7) is 6.30. The van der Waals surface area contributed by atoms with Gasteiger partial charge in [0.25, 0.3) is 11.8 Å². The van der Waals surface area contributed by atoms with Crippen LogP contribution in [-0.4, -0.2) is 18.4 Å². The lowest BCUT2D eigenvalue weighted by molar-refractivity contribution is -0.120. The predicted molar refractivity (Wildman–Crippen MR) is 103 cm³/mol. The molecule has 0 aromatic heterocycles. The first-order valence-corrected chi connectivity index (χ1v) is 8.66. The Morgan fingerprint density at radius 1 is 1.04 bits per heavy atom. The van der Waals surface area contributed by atoms with Gasteiger partial charge in [0.15, 0.2) is 0 Å². The Bertz CT molecular complexity index is 904. The van der Waals surface area contributed by atoms with Gasteiger partial charge in [-0.1, -0.05) is 23.7 Å². The molecule has 2 aromatic carbocycles. The van der Waals surface area contributed by atoms with Crippen molar-refractivity contribution in [3.63, 3.8) is 0 Å². The van der Waals surface area contributed by atoms with Gasteiger partial charge < -0.3 is 10.1 Å². The van der Waals surface area contributed by atoms with Crippen molar-refractivity contribution in [2.24, 2.45) is 0 Å². The molecule has 3 rings (SSSR count). The first-order chi connectivity index (χ1) is 12.4. The maximum absolute atomic E-state index is 12.8. The topological polar surface area (TPSA) is 58.6 Å². The van der Waals surface area contributed by atoms with Gasteiger partial charge in [-0.15, -0.1) is 0 Å². The molecule has 0 atom stereocenters. The Hall–Kier alpha value is -2.79. The third-order valence-electron chi connectivity index (χ3n) is 4.09. The van der Waals surface area contributed by atoms with Crippen LogP contribution in [0.15, 0.2) is 53.2 Å². The highest BCUT2D eigenvalue weighted by molar-refractivity contribution is 6.53. The van der Waals surface area contributed by atoms with E-state index in [0.29, 0.717) is 18.0 Å². The van der Waals surface area contributed by atoms with Crippen LogP contribution >= 0.6 is 11.6 Å². The second kappa shape index (κ2) is 7.22. The Labute approximate surface area is 157 Å². The molecule has 0 fully saturated rings. The van der Waals surface area contributed by atoms with E-state index in [-0.39, 0.29) is 10.7 Å². The van der Waals surface area contributed by atoms with Gasteiger partial charge in [-0.25, -0.2) is 4.90 Å². The Morgan fingerprint density at radius 2 is 1.73 bits per heavy atom. The van der Waals surface area contributed by atoms with Crippen molar-refractivity contribution >= 4 is 34.8 Å². The van der Waals surface area contributed by atoms with Gasteiger partial charge in [-0.2, -0.15) is 0 Å². The van der Waals surface area contributed by atoms with E-state index >= 15 is 0 Å². The van der Waals surface area contributed by atoms with Gasteiger partial charge in [-0.05, 0) is 62.2 Å². The highest BCUT2D eigenvalue weighted by Crippen LogP contribution is 2.31. The second-order valence-electron chi connectivity index (χ2n) is 6.00. The third-order valence-corrected chi connectivity index (χ3v) is 4.44. The molecule has 26 heavy (non-hydrogen) atoms. The lowest BCUT2D eigenvalue weighted by Gasteiger charge is -2.16. The molecule has 2 aromatic rings. The van der Waals surface area contributed by atoms with Gasteiger partial charge >= 0.3 is 0 Å². The Balaban J connectivity index is 1.88. The average molecular weight is 371 g/mol. The molecule has 0 saturated heterocycles. The zero-order valence-corrected chi connectivity index (χ0v) is 15.6. The number of halogens is 1. The monoisotopic (exact) mass is 370 g/mol. The quantitative estimate of drug-likeness (QED) is 0.804. The smallest absolute Gasteiger partial charge is 0.283 e. The third kappa shape index (κ3) is 3.30. The van der Waals surface area contributed by atoms with Crippen LogP contribution in [-0.2, 0) is 9.59 Å². The number of nitrogens with one attached hydrogen (secondary N) is 1. The number of carbonyl (C=O) groups is 2. The largest absolute Gasteiger partial charge is 0.494 e. The minimum Gasteiger partial charge on any atom is -0.494 e. The number of anilines is 2. The van der Waals surface area contributed by atoms with E-state index in [1.54, 1.807) is 24.3 Å². The molecule has 0 radical (unpaired) electrons. The molecule has 6 heteroatoms. The molecule has 134 valence electrons. The van der Waals surface area contributed by atoms with Gasteiger partial charge in [0, 0.05) is 5.69 Å². The first kappa shape index (κ1) is 18.0. The van der Waals surface area contributed by atoms with Crippen LogP contribution in [0.3, 0.4) is 0 Å². The standard InChI is InChI=1S/C20H19ClN2O3/c1-4-26-15-9-7-14(8-10-15)23-19(24)17(21)18(20(23)25)22-16-11-12(2)5-6-13(16)3/h5-11,22H,4H2,1-3H3. The lowest BCUT2D eigenvalue weighted by atomic mass is 10.1. The lowest BCUT2D eigenvalue weighted by Crippen LogP contribution is -2.32. The maximum Gasteiger partial charge on any atom is 0.283 e. The first-order valence-electron chi connectivity index (χ1n) is 8.28. The number of rotatable bonds is 5. The summed E-state index contributed by atoms with van der Waals surface area (Å²) in [6.07, 6.45) is 0. The van der Waals surface area contributed by atoms with Gasteiger partial charge in [0.2, 0.25) is 0 Å². The fraction of sp³-hybridized carbons (Fsp3) is 0.200. The molecule has 0 spiro atoms. The Morgan fingerprint density at radius 3 is 2.38 bits per heavy atom. The number of aryl methyl sites for hydroxylation is 2. The van der Waals surface area contributed by atoms with Crippen molar-refractivity contribution in [2.45, 2.75) is 20.8 Å². The van der Waals surface area contributed by atoms with Crippen LogP contribution in [0.4, 0.5) is 11.4 Å². The molecule has 5 nitrogen and oxygen atoms in total. The van der Waals surface area contributed by atoms with Crippen molar-refractivity contribution in [2.75, 3.05) is 16.8 Å². The fourth-order valence-corrected chi connectivity index (χ4v) is 2.92. The number of ether oxygens (including phenoxy) is 1. The van der Waals surface area contributed by atoms with Gasteiger partial charge in [0.05, 0.1) is 12.3 Å². The zero-order valence-electron chi connectivity index (χ0n) is 14.8. The highest BCUT2D eigenvalue weighted by atomic mass is 35.5. The molecule has 0 aliphatic carbocycles. The summed E-state index contributed by atoms with van der Waals surface area (Å²) in [6, 6.07) is 12.6. The van der Waals surface area contributed by atoms with Crippen molar-refractivity contribution in [3.8, 4) is 5.75 Å². The predicted octanol–water partition coefficient (Wildman–Crippen LogP) is 4.14. The molecule has 1 heterocycles. The molecular weight excluding hydrogens is 352 g/mol. The second-order valence-corrected chi connectivity index (χ2v) is 6.38. The minimum absolute atomic E-state index is 0.0826. The van der Waals surface area contributed by atoms with E-state index in [1.807, 2.05) is 39.0 Å². The number of hydrogen-bond acceptors (Lipinski definition) is 4. The van der Waals surface area contributed by atoms with E-state index in [9.17, 15) is 9.59 Å². The van der Waals surface area contributed by atoms with E-state index in [4.69, 9.17) is 16.3 Å². The zero-order chi connectivity index (χ0) is 18.8. The Kier molecular flexibility index (Phi) is 5.00. The molecular formula is C20H19ClN2O3. The van der Waals surface area contributed by atoms with Gasteiger partial charge in [0.1, 0.15) is 16.5 Å². The van der Waals surface area contributed by atoms with Gasteiger partial charge in [-0.3, -0.25) is 9.59 Å². The minimum atomic E-state index is -0.548. The highest BCUT2D eigenvalue weighted by Gasteiger charge is 2.39.